The van der Waals surface area contributed by atoms with E-state index in [2.05, 4.69) is 26.5 Å². The van der Waals surface area contributed by atoms with Gasteiger partial charge in [0.05, 0.1) is 11.4 Å². The fraction of sp³-hybridized carbons (Fsp3) is 0.435. The van der Waals surface area contributed by atoms with Crippen molar-refractivity contribution in [2.24, 2.45) is 0 Å². The van der Waals surface area contributed by atoms with Crippen LogP contribution in [0.1, 0.15) is 37.1 Å². The van der Waals surface area contributed by atoms with Gasteiger partial charge in [0.15, 0.2) is 5.75 Å². The zero-order chi connectivity index (χ0) is 24.6. The molecule has 4 rings (SSSR count). The Bertz CT molecular complexity index is 1150. The molecule has 11 heteroatoms. The molecule has 0 radical (unpaired) electrons. The molecular formula is C23H28F3N3O4S. The lowest BCUT2D eigenvalue weighted by Crippen LogP contribution is -2.52. The van der Waals surface area contributed by atoms with Gasteiger partial charge < -0.3 is 9.64 Å². The average molecular weight is 500 g/mol. The second-order valence-electron chi connectivity index (χ2n) is 8.44. The number of carbonyl (C=O) groups is 1. The molecule has 1 heterocycles. The Labute approximate surface area is 198 Å². The van der Waals surface area contributed by atoms with E-state index >= 15 is 0 Å². The first kappa shape index (κ1) is 24.3. The first-order valence-electron chi connectivity index (χ1n) is 11.0. The van der Waals surface area contributed by atoms with E-state index in [9.17, 15) is 26.4 Å². The Hall–Kier alpha value is -2.79. The van der Waals surface area contributed by atoms with Crippen molar-refractivity contribution in [3.05, 3.63) is 59.7 Å². The van der Waals surface area contributed by atoms with E-state index in [0.717, 1.165) is 25.0 Å². The number of hydrogen-bond acceptors (Lipinski definition) is 5. The molecule has 1 N–H and O–H groups in total. The molecule has 0 bridgehead atoms. The number of piperazine rings is 1. The molecule has 34 heavy (non-hydrogen) atoms. The first-order chi connectivity index (χ1) is 16.0. The number of nitrogens with one attached hydrogen (secondary N) is 1. The molecule has 1 aliphatic carbocycles. The van der Waals surface area contributed by atoms with Crippen molar-refractivity contribution in [1.82, 2.24) is 9.80 Å². The molecule has 186 valence electrons. The minimum absolute atomic E-state index is 0. The van der Waals surface area contributed by atoms with E-state index in [-0.39, 0.29) is 24.0 Å². The van der Waals surface area contributed by atoms with Gasteiger partial charge >= 0.3 is 6.36 Å². The summed E-state index contributed by atoms with van der Waals surface area (Å²) in [6.45, 7) is 3.54. The van der Waals surface area contributed by atoms with Crippen LogP contribution in [0.5, 0.6) is 5.75 Å². The van der Waals surface area contributed by atoms with Crippen LogP contribution in [-0.2, 0) is 15.6 Å². The SMILES string of the molecule is CCS(=O)(=O)Nc1ccc(C(=O)N2CCN(C3(c4ccccc4)CC3)CC2)cc1OC(F)(F)F.[HH]. The number of ether oxygens (including phenoxy) is 1. The van der Waals surface area contributed by atoms with E-state index < -0.39 is 28.0 Å². The van der Waals surface area contributed by atoms with Gasteiger partial charge in [-0.1, -0.05) is 30.3 Å². The number of rotatable bonds is 7. The van der Waals surface area contributed by atoms with Crippen molar-refractivity contribution in [2.45, 2.75) is 31.7 Å². The van der Waals surface area contributed by atoms with Crippen LogP contribution >= 0.6 is 0 Å². The molecule has 1 saturated heterocycles. The number of alkyl halides is 3. The van der Waals surface area contributed by atoms with Crippen LogP contribution in [0.2, 0.25) is 0 Å². The topological polar surface area (TPSA) is 79.0 Å². The Morgan fingerprint density at radius 1 is 1.09 bits per heavy atom. The second-order valence-corrected chi connectivity index (χ2v) is 10.5. The Morgan fingerprint density at radius 3 is 2.29 bits per heavy atom. The molecule has 1 saturated carbocycles. The van der Waals surface area contributed by atoms with Crippen molar-refractivity contribution < 1.29 is 32.5 Å². The molecule has 1 amide bonds. The van der Waals surface area contributed by atoms with E-state index in [0.29, 0.717) is 26.2 Å². The molecule has 7 nitrogen and oxygen atoms in total. The van der Waals surface area contributed by atoms with Crippen LogP contribution in [0.25, 0.3) is 0 Å². The van der Waals surface area contributed by atoms with Gasteiger partial charge in [-0.05, 0) is 43.5 Å². The van der Waals surface area contributed by atoms with Crippen molar-refractivity contribution in [3.63, 3.8) is 0 Å². The highest BCUT2D eigenvalue weighted by Crippen LogP contribution is 2.51. The van der Waals surface area contributed by atoms with Crippen LogP contribution in [0.15, 0.2) is 48.5 Å². The van der Waals surface area contributed by atoms with E-state index in [4.69, 9.17) is 0 Å². The first-order valence-corrected chi connectivity index (χ1v) is 12.7. The predicted octanol–water partition coefficient (Wildman–Crippen LogP) is 4.04. The molecule has 0 aromatic heterocycles. The highest BCUT2D eigenvalue weighted by molar-refractivity contribution is 7.92. The van der Waals surface area contributed by atoms with Crippen molar-refractivity contribution in [1.29, 1.82) is 0 Å². The lowest BCUT2D eigenvalue weighted by atomic mass is 10.0. The summed E-state index contributed by atoms with van der Waals surface area (Å²) in [5.74, 6) is -1.52. The summed E-state index contributed by atoms with van der Waals surface area (Å²) in [4.78, 5) is 17.0. The molecule has 0 unspecified atom stereocenters. The van der Waals surface area contributed by atoms with Crippen LogP contribution in [-0.4, -0.2) is 62.4 Å². The summed E-state index contributed by atoms with van der Waals surface area (Å²) in [6, 6.07) is 13.6. The molecule has 0 spiro atoms. The molecule has 0 atom stereocenters. The zero-order valence-electron chi connectivity index (χ0n) is 18.6. The lowest BCUT2D eigenvalue weighted by molar-refractivity contribution is -0.274. The number of sulfonamides is 1. The molecule has 1 aliphatic heterocycles. The number of carbonyl (C=O) groups excluding carboxylic acids is 1. The quantitative estimate of drug-likeness (QED) is 0.622. The minimum Gasteiger partial charge on any atom is -0.404 e. The summed E-state index contributed by atoms with van der Waals surface area (Å²) in [6.07, 6.45) is -2.94. The van der Waals surface area contributed by atoms with Crippen LogP contribution in [0, 0.1) is 0 Å². The molecule has 2 aromatic carbocycles. The largest absolute Gasteiger partial charge is 0.573 e. The van der Waals surface area contributed by atoms with Crippen molar-refractivity contribution in [3.8, 4) is 5.75 Å². The molecule has 2 fully saturated rings. The number of amides is 1. The van der Waals surface area contributed by atoms with Crippen molar-refractivity contribution >= 4 is 21.6 Å². The van der Waals surface area contributed by atoms with E-state index in [1.54, 1.807) is 4.90 Å². The lowest BCUT2D eigenvalue weighted by Gasteiger charge is -2.40. The fourth-order valence-electron chi connectivity index (χ4n) is 4.36. The van der Waals surface area contributed by atoms with Crippen LogP contribution < -0.4 is 9.46 Å². The normalized spacial score (nSPS) is 18.4. The molecular weight excluding hydrogens is 471 g/mol. The average Bonchev–Trinajstić information content (AvgIpc) is 3.61. The summed E-state index contributed by atoms with van der Waals surface area (Å²) >= 11 is 0. The van der Waals surface area contributed by atoms with E-state index in [1.165, 1.54) is 18.6 Å². The van der Waals surface area contributed by atoms with Gasteiger partial charge in [-0.25, -0.2) is 8.42 Å². The summed E-state index contributed by atoms with van der Waals surface area (Å²) in [5, 5.41) is 0. The third-order valence-corrected chi connectivity index (χ3v) is 7.60. The number of anilines is 1. The molecule has 2 aromatic rings. The van der Waals surface area contributed by atoms with Gasteiger partial charge in [-0.2, -0.15) is 0 Å². The zero-order valence-corrected chi connectivity index (χ0v) is 19.5. The van der Waals surface area contributed by atoms with Gasteiger partial charge in [0.25, 0.3) is 5.91 Å². The number of nitrogens with zero attached hydrogens (tertiary/aromatic N) is 2. The number of halogens is 3. The summed E-state index contributed by atoms with van der Waals surface area (Å²) in [5.41, 5.74) is 0.881. The maximum absolute atomic E-state index is 13.0. The Balaban J connectivity index is 0.00000342. The third-order valence-electron chi connectivity index (χ3n) is 6.31. The maximum Gasteiger partial charge on any atom is 0.573 e. The van der Waals surface area contributed by atoms with Gasteiger partial charge in [-0.3, -0.25) is 14.4 Å². The highest BCUT2D eigenvalue weighted by Gasteiger charge is 2.50. The Kier molecular flexibility index (Phi) is 6.52. The second kappa shape index (κ2) is 9.10. The van der Waals surface area contributed by atoms with Crippen molar-refractivity contribution in [2.75, 3.05) is 36.7 Å². The maximum atomic E-state index is 13.0. The van der Waals surface area contributed by atoms with Gasteiger partial charge in [-0.15, -0.1) is 13.2 Å². The predicted molar refractivity (Wildman–Crippen MR) is 123 cm³/mol. The fourth-order valence-corrected chi connectivity index (χ4v) is 5.01. The van der Waals surface area contributed by atoms with Crippen LogP contribution in [0.3, 0.4) is 0 Å². The monoisotopic (exact) mass is 499 g/mol. The Morgan fingerprint density at radius 2 is 1.74 bits per heavy atom. The number of benzene rings is 2. The minimum atomic E-state index is -5.05. The van der Waals surface area contributed by atoms with Gasteiger partial charge in [0.1, 0.15) is 0 Å². The van der Waals surface area contributed by atoms with E-state index in [1.807, 2.05) is 18.2 Å². The smallest absolute Gasteiger partial charge is 0.404 e. The number of hydrogen-bond donors (Lipinski definition) is 1. The standard InChI is InChI=1S/C23H26F3N3O4S.H2/c1-2-34(31,32)27-19-9-8-17(16-20(19)33-23(24,25)26)21(30)28-12-14-29(15-13-28)22(10-11-22)18-6-4-3-5-7-18;/h3-9,16,27H,2,10-15H2,1H3;1H. The third kappa shape index (κ3) is 5.30. The molecule has 2 aliphatic rings. The van der Waals surface area contributed by atoms with Gasteiger partial charge in [0.2, 0.25) is 10.0 Å². The van der Waals surface area contributed by atoms with Crippen LogP contribution in [0.4, 0.5) is 18.9 Å². The summed E-state index contributed by atoms with van der Waals surface area (Å²) < 4.78 is 68.5. The highest BCUT2D eigenvalue weighted by atomic mass is 32.2. The van der Waals surface area contributed by atoms with Gasteiger partial charge in [0, 0.05) is 38.7 Å². The summed E-state index contributed by atoms with van der Waals surface area (Å²) in [7, 11) is -3.84.